The maximum Gasteiger partial charge on any atom is 0.326 e. The Morgan fingerprint density at radius 2 is 1.56 bits per heavy atom. The number of benzene rings is 1. The predicted molar refractivity (Wildman–Crippen MR) is 135 cm³/mol. The van der Waals surface area contributed by atoms with E-state index in [0.29, 0.717) is 30.1 Å². The smallest absolute Gasteiger partial charge is 0.326 e. The molecule has 2 atom stereocenters. The fourth-order valence-electron chi connectivity index (χ4n) is 4.27. The zero-order valence-electron chi connectivity index (χ0n) is 21.2. The Bertz CT molecular complexity index is 836. The van der Waals surface area contributed by atoms with Crippen LogP contribution in [0.5, 0.6) is 0 Å². The van der Waals surface area contributed by atoms with E-state index in [-0.39, 0.29) is 13.0 Å². The van der Waals surface area contributed by atoms with Gasteiger partial charge in [-0.1, -0.05) is 53.7 Å². The van der Waals surface area contributed by atoms with E-state index in [1.807, 2.05) is 41.5 Å². The standard InChI is InChI=1S/C24H41FN4O4Si/c1-23(2,3)34(25,24(4,5)6)17-12-10-16(11-13-17)20(30)28-15-18(27)21(31)29-19(22(32)33)9-7-8-14-26/h10-13,18-19H,7-9,14-15,26-27H2,1-6H3,(H,28,30)(H,29,31)(H,32,33)/t18-,19+/m0/s1. The highest BCUT2D eigenvalue weighted by Crippen LogP contribution is 2.51. The lowest BCUT2D eigenvalue weighted by Gasteiger charge is -2.44. The molecule has 2 amide bonds. The van der Waals surface area contributed by atoms with E-state index in [4.69, 9.17) is 11.5 Å². The van der Waals surface area contributed by atoms with Crippen LogP contribution in [0.1, 0.15) is 71.2 Å². The number of halogens is 1. The fraction of sp³-hybridized carbons (Fsp3) is 0.625. The van der Waals surface area contributed by atoms with Crippen molar-refractivity contribution in [1.29, 1.82) is 0 Å². The van der Waals surface area contributed by atoms with Crippen molar-refractivity contribution >= 4 is 31.4 Å². The number of rotatable bonds is 11. The van der Waals surface area contributed by atoms with Crippen LogP contribution in [-0.4, -0.2) is 56.5 Å². The molecule has 0 fully saturated rings. The first-order valence-corrected chi connectivity index (χ1v) is 13.5. The molecule has 1 aromatic carbocycles. The van der Waals surface area contributed by atoms with Crippen molar-refractivity contribution in [1.82, 2.24) is 10.6 Å². The van der Waals surface area contributed by atoms with Crippen molar-refractivity contribution in [2.24, 2.45) is 11.5 Å². The third-order valence-corrected chi connectivity index (χ3v) is 11.3. The van der Waals surface area contributed by atoms with Gasteiger partial charge in [0.05, 0.1) is 0 Å². The summed E-state index contributed by atoms with van der Waals surface area (Å²) in [5.41, 5.74) is 11.6. The number of carboxylic acids is 1. The van der Waals surface area contributed by atoms with Gasteiger partial charge in [-0.3, -0.25) is 9.59 Å². The number of carboxylic acid groups (broad SMARTS) is 1. The number of nitrogens with one attached hydrogen (secondary N) is 2. The van der Waals surface area contributed by atoms with Crippen molar-refractivity contribution in [2.75, 3.05) is 13.1 Å². The van der Waals surface area contributed by atoms with Gasteiger partial charge in [0.15, 0.2) is 0 Å². The second-order valence-corrected chi connectivity index (χ2v) is 15.6. The molecule has 0 aliphatic carbocycles. The predicted octanol–water partition coefficient (Wildman–Crippen LogP) is 2.16. The van der Waals surface area contributed by atoms with E-state index in [9.17, 15) is 19.5 Å². The van der Waals surface area contributed by atoms with Gasteiger partial charge >= 0.3 is 5.97 Å². The lowest BCUT2D eigenvalue weighted by atomic mass is 10.1. The maximum absolute atomic E-state index is 16.4. The molecule has 10 heteroatoms. The van der Waals surface area contributed by atoms with Gasteiger partial charge in [0.1, 0.15) is 12.1 Å². The minimum Gasteiger partial charge on any atom is -0.480 e. The SMILES string of the molecule is CC(C)(C)[Si](F)(c1ccc(C(=O)NC[C@H](N)C(=O)N[C@H](CCCCN)C(=O)O)cc1)C(C)(C)C. The first-order chi connectivity index (χ1) is 15.6. The Morgan fingerprint density at radius 1 is 1.03 bits per heavy atom. The minimum absolute atomic E-state index is 0.173. The highest BCUT2D eigenvalue weighted by molar-refractivity contribution is 6.90. The van der Waals surface area contributed by atoms with E-state index in [2.05, 4.69) is 10.6 Å². The molecular weight excluding hydrogens is 455 g/mol. The Balaban J connectivity index is 2.80. The van der Waals surface area contributed by atoms with Gasteiger partial charge in [0.25, 0.3) is 14.3 Å². The Kier molecular flexibility index (Phi) is 10.4. The van der Waals surface area contributed by atoms with Crippen molar-refractivity contribution in [3.8, 4) is 0 Å². The number of aliphatic carboxylic acids is 1. The largest absolute Gasteiger partial charge is 0.480 e. The van der Waals surface area contributed by atoms with Gasteiger partial charge in [-0.2, -0.15) is 0 Å². The zero-order valence-corrected chi connectivity index (χ0v) is 22.2. The Labute approximate surface area is 203 Å². The van der Waals surface area contributed by atoms with Gasteiger partial charge in [-0.25, -0.2) is 4.79 Å². The summed E-state index contributed by atoms with van der Waals surface area (Å²) in [5, 5.41) is 13.8. The molecule has 192 valence electrons. The second kappa shape index (κ2) is 11.9. The van der Waals surface area contributed by atoms with Gasteiger partial charge in [0.2, 0.25) is 5.91 Å². The molecule has 0 aliphatic heterocycles. The van der Waals surface area contributed by atoms with Gasteiger partial charge < -0.3 is 31.3 Å². The topological polar surface area (TPSA) is 148 Å². The summed E-state index contributed by atoms with van der Waals surface area (Å²) in [6.45, 7) is 11.7. The van der Waals surface area contributed by atoms with Crippen molar-refractivity contribution in [2.45, 2.75) is 83.0 Å². The molecule has 0 saturated carbocycles. The number of amides is 2. The van der Waals surface area contributed by atoms with Crippen LogP contribution >= 0.6 is 0 Å². The van der Waals surface area contributed by atoms with E-state index in [0.717, 1.165) is 0 Å². The summed E-state index contributed by atoms with van der Waals surface area (Å²) in [5.74, 6) is -2.27. The van der Waals surface area contributed by atoms with E-state index >= 15 is 4.11 Å². The lowest BCUT2D eigenvalue weighted by molar-refractivity contribution is -0.142. The quantitative estimate of drug-likeness (QED) is 0.180. The van der Waals surface area contributed by atoms with Gasteiger partial charge in [-0.15, -0.1) is 0 Å². The van der Waals surface area contributed by atoms with E-state index < -0.39 is 48.4 Å². The molecule has 0 bridgehead atoms. The molecule has 0 heterocycles. The van der Waals surface area contributed by atoms with Crippen molar-refractivity contribution in [3.05, 3.63) is 29.8 Å². The third kappa shape index (κ3) is 7.35. The van der Waals surface area contributed by atoms with Crippen LogP contribution in [0.3, 0.4) is 0 Å². The van der Waals surface area contributed by atoms with Crippen LogP contribution in [0.4, 0.5) is 4.11 Å². The summed E-state index contributed by atoms with van der Waals surface area (Å²) in [7, 11) is -3.43. The summed E-state index contributed by atoms with van der Waals surface area (Å²) >= 11 is 0. The van der Waals surface area contributed by atoms with Gasteiger partial charge in [0, 0.05) is 12.1 Å². The molecule has 0 aromatic heterocycles. The van der Waals surface area contributed by atoms with Crippen LogP contribution in [-0.2, 0) is 9.59 Å². The fourth-order valence-corrected chi connectivity index (χ4v) is 8.88. The molecule has 0 spiro atoms. The maximum atomic E-state index is 16.4. The van der Waals surface area contributed by atoms with Crippen molar-refractivity contribution in [3.63, 3.8) is 0 Å². The Morgan fingerprint density at radius 3 is 2.00 bits per heavy atom. The molecule has 0 saturated heterocycles. The lowest BCUT2D eigenvalue weighted by Crippen LogP contribution is -2.57. The monoisotopic (exact) mass is 496 g/mol. The molecule has 0 radical (unpaired) electrons. The molecule has 1 aromatic rings. The number of unbranched alkanes of at least 4 members (excludes halogenated alkanes) is 1. The van der Waals surface area contributed by atoms with E-state index in [1.165, 1.54) is 0 Å². The Hall–Kier alpha value is -2.30. The third-order valence-electron chi connectivity index (χ3n) is 5.99. The number of nitrogens with two attached hydrogens (primary N) is 2. The van der Waals surface area contributed by atoms with Gasteiger partial charge in [-0.05, 0) is 53.2 Å². The first kappa shape index (κ1) is 29.7. The molecular formula is C24H41FN4O4Si. The average Bonchev–Trinajstić information content (AvgIpc) is 2.74. The summed E-state index contributed by atoms with van der Waals surface area (Å²) in [4.78, 5) is 36.2. The minimum atomic E-state index is -3.43. The summed E-state index contributed by atoms with van der Waals surface area (Å²) < 4.78 is 16.4. The van der Waals surface area contributed by atoms with E-state index in [1.54, 1.807) is 24.3 Å². The second-order valence-electron chi connectivity index (χ2n) is 10.7. The molecule has 7 N–H and O–H groups in total. The van der Waals surface area contributed by atoms with Crippen LogP contribution in [0.2, 0.25) is 10.1 Å². The van der Waals surface area contributed by atoms with Crippen LogP contribution in [0, 0.1) is 0 Å². The normalized spacial score (nSPS) is 14.3. The highest BCUT2D eigenvalue weighted by atomic mass is 28.4. The van der Waals surface area contributed by atoms with Crippen molar-refractivity contribution < 1.29 is 23.6 Å². The molecule has 0 aliphatic rings. The average molecular weight is 497 g/mol. The summed E-state index contributed by atoms with van der Waals surface area (Å²) in [6.07, 6.45) is 1.45. The molecule has 34 heavy (non-hydrogen) atoms. The van der Waals surface area contributed by atoms with Crippen LogP contribution < -0.4 is 27.3 Å². The number of hydrogen-bond acceptors (Lipinski definition) is 5. The molecule has 0 unspecified atom stereocenters. The highest BCUT2D eigenvalue weighted by Gasteiger charge is 2.56. The number of carbonyl (C=O) groups excluding carboxylic acids is 2. The first-order valence-electron chi connectivity index (χ1n) is 11.6. The number of hydrogen-bond donors (Lipinski definition) is 5. The molecule has 1 rings (SSSR count). The van der Waals surface area contributed by atoms with Crippen LogP contribution in [0.25, 0.3) is 0 Å². The number of carbonyl (C=O) groups is 3. The summed E-state index contributed by atoms with van der Waals surface area (Å²) in [6, 6.07) is 4.31. The molecule has 8 nitrogen and oxygen atoms in total. The zero-order chi connectivity index (χ0) is 26.3. The van der Waals surface area contributed by atoms with Crippen LogP contribution in [0.15, 0.2) is 24.3 Å².